The molecule has 184 valence electrons. The van der Waals surface area contributed by atoms with E-state index in [1.54, 1.807) is 35.2 Å². The van der Waals surface area contributed by atoms with Gasteiger partial charge in [0.1, 0.15) is 23.2 Å². The summed E-state index contributed by atoms with van der Waals surface area (Å²) in [7, 11) is -1.49. The Morgan fingerprint density at radius 2 is 1.77 bits per heavy atom. The lowest BCUT2D eigenvalue weighted by atomic mass is 9.85. The van der Waals surface area contributed by atoms with Gasteiger partial charge < -0.3 is 24.2 Å². The number of hydrogen-bond donors (Lipinski definition) is 2. The summed E-state index contributed by atoms with van der Waals surface area (Å²) in [6, 6.07) is 17.0. The van der Waals surface area contributed by atoms with Gasteiger partial charge in [-0.05, 0) is 48.7 Å². The molecule has 2 aromatic carbocycles. The number of carbonyl (C=O) groups is 1. The number of carbonyl (C=O) groups excluding carboxylic acids is 1. The minimum atomic E-state index is -1.49. The molecule has 2 aromatic rings. The Balaban J connectivity index is 1.16. The summed E-state index contributed by atoms with van der Waals surface area (Å²) in [4.78, 5) is 15.4. The molecule has 0 radical (unpaired) electrons. The maximum absolute atomic E-state index is 13.0. The number of anilines is 1. The van der Waals surface area contributed by atoms with Crippen LogP contribution in [-0.4, -0.2) is 64.2 Å². The molecule has 2 fully saturated rings. The van der Waals surface area contributed by atoms with Crippen molar-refractivity contribution < 1.29 is 23.6 Å². The van der Waals surface area contributed by atoms with Crippen molar-refractivity contribution in [2.45, 2.75) is 37.1 Å². The number of nitrogens with one attached hydrogen (secondary N) is 1. The van der Waals surface area contributed by atoms with Gasteiger partial charge in [0.15, 0.2) is 0 Å². The van der Waals surface area contributed by atoms with E-state index in [9.17, 15) is 14.1 Å². The third kappa shape index (κ3) is 5.56. The van der Waals surface area contributed by atoms with Crippen LogP contribution in [0.5, 0.6) is 0 Å². The maximum atomic E-state index is 13.0. The minimum Gasteiger partial charge on any atom is -0.389 e. The molecule has 0 saturated carbocycles. The van der Waals surface area contributed by atoms with Gasteiger partial charge in [0.25, 0.3) is 5.91 Å². The number of ether oxygens (including phenoxy) is 2. The fourth-order valence-corrected chi connectivity index (χ4v) is 5.86. The molecule has 2 N–H and O–H groups in total. The number of aliphatic hydroxyl groups is 1. The van der Waals surface area contributed by atoms with Crippen LogP contribution in [0.2, 0.25) is 0 Å². The Bertz CT molecular complexity index is 1120. The van der Waals surface area contributed by atoms with E-state index in [1.165, 1.54) is 0 Å². The van der Waals surface area contributed by atoms with Crippen LogP contribution in [-0.2, 0) is 26.9 Å². The first kappa shape index (κ1) is 23.9. The van der Waals surface area contributed by atoms with E-state index in [0.29, 0.717) is 61.7 Å². The molecular formula is C27H30N2O5S. The molecule has 0 spiro atoms. The lowest BCUT2D eigenvalue weighted by molar-refractivity contribution is -0.103. The first-order chi connectivity index (χ1) is 17.0. The van der Waals surface area contributed by atoms with Crippen molar-refractivity contribution in [3.05, 3.63) is 88.9 Å². The highest BCUT2D eigenvalue weighted by Gasteiger charge is 2.35. The summed E-state index contributed by atoms with van der Waals surface area (Å²) in [5.41, 5.74) is 1.54. The monoisotopic (exact) mass is 494 g/mol. The number of likely N-dealkylation sites (tertiary alicyclic amines) is 1. The van der Waals surface area contributed by atoms with Gasteiger partial charge >= 0.3 is 0 Å². The van der Waals surface area contributed by atoms with E-state index in [4.69, 9.17) is 9.47 Å². The normalized spacial score (nSPS) is 24.3. The summed E-state index contributed by atoms with van der Waals surface area (Å²) >= 11 is 0. The zero-order chi connectivity index (χ0) is 24.3. The van der Waals surface area contributed by atoms with Gasteiger partial charge in [-0.25, -0.2) is 4.21 Å². The Kier molecular flexibility index (Phi) is 7.15. The van der Waals surface area contributed by atoms with E-state index >= 15 is 0 Å². The van der Waals surface area contributed by atoms with Crippen molar-refractivity contribution >= 4 is 22.6 Å². The zero-order valence-electron chi connectivity index (χ0n) is 19.5. The second-order valence-electron chi connectivity index (χ2n) is 9.21. The van der Waals surface area contributed by atoms with Crippen LogP contribution < -0.4 is 4.72 Å². The number of hydrogen-bond acceptors (Lipinski definition) is 5. The molecule has 1 amide bonds. The average Bonchev–Trinajstić information content (AvgIpc) is 2.89. The largest absolute Gasteiger partial charge is 0.389 e. The number of piperidine rings is 1. The van der Waals surface area contributed by atoms with Gasteiger partial charge in [-0.3, -0.25) is 4.79 Å². The molecule has 7 nitrogen and oxygen atoms in total. The van der Waals surface area contributed by atoms with Gasteiger partial charge in [-0.1, -0.05) is 42.5 Å². The van der Waals surface area contributed by atoms with Gasteiger partial charge in [-0.2, -0.15) is 0 Å². The minimum absolute atomic E-state index is 0.0600. The summed E-state index contributed by atoms with van der Waals surface area (Å²) in [5.74, 6) is -0.0600. The lowest BCUT2D eigenvalue weighted by Gasteiger charge is -2.38. The quantitative estimate of drug-likeness (QED) is 0.644. The molecule has 2 aliphatic heterocycles. The summed E-state index contributed by atoms with van der Waals surface area (Å²) in [6.45, 7) is 2.02. The Labute approximate surface area is 208 Å². The maximum Gasteiger partial charge on any atom is 0.253 e. The molecule has 8 heteroatoms. The molecule has 2 heterocycles. The van der Waals surface area contributed by atoms with Crippen molar-refractivity contribution in [3.63, 3.8) is 0 Å². The van der Waals surface area contributed by atoms with E-state index in [1.807, 2.05) is 42.5 Å². The van der Waals surface area contributed by atoms with Gasteiger partial charge in [0, 0.05) is 30.8 Å². The first-order valence-corrected chi connectivity index (χ1v) is 13.1. The van der Waals surface area contributed by atoms with Crippen LogP contribution in [0.3, 0.4) is 0 Å². The molecule has 2 saturated heterocycles. The van der Waals surface area contributed by atoms with E-state index in [0.717, 1.165) is 5.56 Å². The zero-order valence-corrected chi connectivity index (χ0v) is 20.3. The second-order valence-corrected chi connectivity index (χ2v) is 10.4. The molecule has 1 aliphatic carbocycles. The third-order valence-corrected chi connectivity index (χ3v) is 7.96. The predicted molar refractivity (Wildman–Crippen MR) is 135 cm³/mol. The summed E-state index contributed by atoms with van der Waals surface area (Å²) in [6.07, 6.45) is 6.66. The molecule has 5 rings (SSSR count). The second kappa shape index (κ2) is 10.5. The van der Waals surface area contributed by atoms with Crippen molar-refractivity contribution in [2.75, 3.05) is 31.0 Å². The molecule has 35 heavy (non-hydrogen) atoms. The number of amides is 1. The first-order valence-electron chi connectivity index (χ1n) is 12.0. The summed E-state index contributed by atoms with van der Waals surface area (Å²) < 4.78 is 27.4. The van der Waals surface area contributed by atoms with Crippen molar-refractivity contribution in [3.8, 4) is 0 Å². The van der Waals surface area contributed by atoms with E-state index < -0.39 is 16.6 Å². The lowest BCUT2D eigenvalue weighted by Crippen LogP contribution is -2.47. The van der Waals surface area contributed by atoms with Crippen molar-refractivity contribution in [2.24, 2.45) is 0 Å². The van der Waals surface area contributed by atoms with Gasteiger partial charge in [0.05, 0.1) is 23.7 Å². The average molecular weight is 495 g/mol. The number of allylic oxidation sites excluding steroid dienone is 2. The van der Waals surface area contributed by atoms with Crippen molar-refractivity contribution in [1.29, 1.82) is 0 Å². The van der Waals surface area contributed by atoms with Crippen LogP contribution in [0.25, 0.3) is 0 Å². The molecule has 3 aliphatic rings. The SMILES string of the molecule is O=C(c1ccc(NS(=O)C2=CC=CC3OCCOC23)cc1)N1CCC(O)(Cc2ccccc2)CC1. The Morgan fingerprint density at radius 1 is 1.06 bits per heavy atom. The Morgan fingerprint density at radius 3 is 2.51 bits per heavy atom. The van der Waals surface area contributed by atoms with Crippen LogP contribution in [0, 0.1) is 0 Å². The topological polar surface area (TPSA) is 88.1 Å². The molecular weight excluding hydrogens is 464 g/mol. The smallest absolute Gasteiger partial charge is 0.253 e. The fraction of sp³-hybridized carbons (Fsp3) is 0.370. The fourth-order valence-electron chi connectivity index (χ4n) is 4.77. The molecule has 3 unspecified atom stereocenters. The number of rotatable bonds is 6. The number of fused-ring (bicyclic) bond motifs is 1. The van der Waals surface area contributed by atoms with E-state index in [-0.39, 0.29) is 18.1 Å². The van der Waals surface area contributed by atoms with Crippen molar-refractivity contribution in [1.82, 2.24) is 4.90 Å². The predicted octanol–water partition coefficient (Wildman–Crippen LogP) is 3.21. The highest BCUT2D eigenvalue weighted by atomic mass is 32.2. The molecule has 3 atom stereocenters. The molecule has 0 aromatic heterocycles. The highest BCUT2D eigenvalue weighted by molar-refractivity contribution is 7.90. The van der Waals surface area contributed by atoms with Crippen LogP contribution in [0.15, 0.2) is 77.7 Å². The van der Waals surface area contributed by atoms with Crippen LogP contribution in [0.1, 0.15) is 28.8 Å². The van der Waals surface area contributed by atoms with Gasteiger partial charge in [0.2, 0.25) is 0 Å². The highest BCUT2D eigenvalue weighted by Crippen LogP contribution is 2.28. The number of nitrogens with zero attached hydrogens (tertiary/aromatic N) is 1. The van der Waals surface area contributed by atoms with Crippen LogP contribution in [0.4, 0.5) is 5.69 Å². The molecule has 0 bridgehead atoms. The third-order valence-electron chi connectivity index (χ3n) is 6.74. The van der Waals surface area contributed by atoms with E-state index in [2.05, 4.69) is 4.72 Å². The summed E-state index contributed by atoms with van der Waals surface area (Å²) in [5, 5.41) is 11.0. The Hall–Kier alpha value is -2.78. The van der Waals surface area contributed by atoms with Crippen LogP contribution >= 0.6 is 0 Å². The standard InChI is InChI=1S/C27H30N2O5S/c30-26(29-15-13-27(31,14-16-29)19-20-5-2-1-3-6-20)21-9-11-22(12-10-21)28-35(32)24-8-4-7-23-25(24)34-18-17-33-23/h1-12,23,25,28,31H,13-19H2. The van der Waals surface area contributed by atoms with Gasteiger partial charge in [-0.15, -0.1) is 0 Å². The number of benzene rings is 2.